The highest BCUT2D eigenvalue weighted by Crippen LogP contribution is 2.75. The topological polar surface area (TPSA) is 50.1 Å². The molecule has 0 aromatic heterocycles. The van der Waals surface area contributed by atoms with Gasteiger partial charge >= 0.3 is 5.97 Å². The van der Waals surface area contributed by atoms with E-state index in [4.69, 9.17) is 10.00 Å². The van der Waals surface area contributed by atoms with E-state index < -0.39 is 23.2 Å². The third-order valence-electron chi connectivity index (χ3n) is 6.28. The van der Waals surface area contributed by atoms with E-state index in [1.807, 2.05) is 19.1 Å². The second-order valence-corrected chi connectivity index (χ2v) is 8.26. The van der Waals surface area contributed by atoms with Crippen LogP contribution in [0.1, 0.15) is 60.5 Å². The first kappa shape index (κ1) is 19.3. The van der Waals surface area contributed by atoms with Crippen LogP contribution in [0.5, 0.6) is 5.75 Å². The van der Waals surface area contributed by atoms with Crippen LogP contribution in [-0.4, -0.2) is 5.97 Å². The van der Waals surface area contributed by atoms with Crippen molar-refractivity contribution in [1.82, 2.24) is 0 Å². The Bertz CT molecular complexity index is 991. The number of hydrogen-bond acceptors (Lipinski definition) is 3. The average molecular weight is 393 g/mol. The van der Waals surface area contributed by atoms with Gasteiger partial charge in [0.1, 0.15) is 29.0 Å². The molecule has 3 nitrogen and oxygen atoms in total. The van der Waals surface area contributed by atoms with Gasteiger partial charge in [0.2, 0.25) is 0 Å². The van der Waals surface area contributed by atoms with Crippen LogP contribution in [0.2, 0.25) is 0 Å². The Morgan fingerprint density at radius 3 is 2.34 bits per heavy atom. The fourth-order valence-corrected chi connectivity index (χ4v) is 4.97. The molecule has 3 fully saturated rings. The van der Waals surface area contributed by atoms with E-state index in [1.165, 1.54) is 37.3 Å². The van der Waals surface area contributed by atoms with Crippen molar-refractivity contribution in [3.8, 4) is 11.8 Å². The molecule has 3 aliphatic rings. The first-order valence-corrected chi connectivity index (χ1v) is 9.73. The summed E-state index contributed by atoms with van der Waals surface area (Å²) in [7, 11) is 0. The zero-order chi connectivity index (χ0) is 20.6. The molecule has 2 aromatic rings. The van der Waals surface area contributed by atoms with Crippen LogP contribution < -0.4 is 4.74 Å². The third-order valence-corrected chi connectivity index (χ3v) is 6.28. The quantitative estimate of drug-likeness (QED) is 0.352. The summed E-state index contributed by atoms with van der Waals surface area (Å²) in [5.41, 5.74) is 1.03. The number of carbonyl (C=O) groups is 1. The Hall–Kier alpha value is -3.00. The van der Waals surface area contributed by atoms with Crippen LogP contribution in [0.4, 0.5) is 8.78 Å². The number of nitrogens with zero attached hydrogens (tertiary/aromatic N) is 1. The molecule has 5 rings (SSSR count). The van der Waals surface area contributed by atoms with E-state index in [2.05, 4.69) is 12.2 Å². The van der Waals surface area contributed by atoms with Gasteiger partial charge in [-0.25, -0.2) is 13.6 Å². The van der Waals surface area contributed by atoms with Crippen molar-refractivity contribution < 1.29 is 18.3 Å². The molecule has 0 spiro atoms. The van der Waals surface area contributed by atoms with E-state index in [0.29, 0.717) is 11.2 Å². The van der Waals surface area contributed by atoms with Crippen molar-refractivity contribution in [3.63, 3.8) is 0 Å². The van der Waals surface area contributed by atoms with Gasteiger partial charge in [0.05, 0.1) is 5.56 Å². The summed E-state index contributed by atoms with van der Waals surface area (Å²) in [5, 5.41) is 8.70. The highest BCUT2D eigenvalue weighted by Gasteiger charge is 2.67. The maximum absolute atomic E-state index is 13.7. The number of esters is 1. The van der Waals surface area contributed by atoms with Gasteiger partial charge in [0, 0.05) is 0 Å². The van der Waals surface area contributed by atoms with Gasteiger partial charge in [-0.15, -0.1) is 0 Å². The monoisotopic (exact) mass is 393 g/mol. The lowest BCUT2D eigenvalue weighted by molar-refractivity contribution is -0.145. The Morgan fingerprint density at radius 1 is 1.17 bits per heavy atom. The molecule has 0 saturated heterocycles. The van der Waals surface area contributed by atoms with Gasteiger partial charge in [-0.2, -0.15) is 5.26 Å². The molecule has 0 unspecified atom stereocenters. The van der Waals surface area contributed by atoms with Crippen molar-refractivity contribution in [3.05, 3.63) is 76.9 Å². The van der Waals surface area contributed by atoms with Gasteiger partial charge in [0.25, 0.3) is 0 Å². The summed E-state index contributed by atoms with van der Waals surface area (Å²) >= 11 is 0. The molecule has 3 saturated carbocycles. The number of nitriles is 1. The number of benzene rings is 2. The normalized spacial score (nSPS) is 24.5. The van der Waals surface area contributed by atoms with Crippen LogP contribution in [0, 0.1) is 28.4 Å². The maximum atomic E-state index is 13.7. The fourth-order valence-electron chi connectivity index (χ4n) is 4.97. The molecule has 2 bridgehead atoms. The Morgan fingerprint density at radius 2 is 1.79 bits per heavy atom. The van der Waals surface area contributed by atoms with Gasteiger partial charge in [0.15, 0.2) is 0 Å². The predicted molar refractivity (Wildman–Crippen MR) is 104 cm³/mol. The minimum atomic E-state index is -1.08. The number of carbonyl (C=O) groups excluding carboxylic acids is 1. The number of halogens is 2. The molecule has 3 aliphatic carbocycles. The fraction of sp³-hybridized carbons (Fsp3) is 0.333. The van der Waals surface area contributed by atoms with Crippen LogP contribution in [-0.2, 0) is 5.41 Å². The number of rotatable bonds is 6. The van der Waals surface area contributed by atoms with Crippen LogP contribution in [0.15, 0.2) is 48.6 Å². The lowest BCUT2D eigenvalue weighted by Crippen LogP contribution is -2.64. The second kappa shape index (κ2) is 7.11. The van der Waals surface area contributed by atoms with Crippen LogP contribution in [0.3, 0.4) is 0 Å². The zero-order valence-corrected chi connectivity index (χ0v) is 16.2. The molecule has 2 aromatic carbocycles. The molecule has 0 aliphatic heterocycles. The third kappa shape index (κ3) is 3.33. The van der Waals surface area contributed by atoms with E-state index in [1.54, 1.807) is 12.1 Å². The SMILES string of the molecule is C/C=C/CCC12CC(c3ccc(OC(=O)c4cc(F)c(C#N)c(F)c4)cc3)(C1)C2. The number of allylic oxidation sites excluding steroid dienone is 2. The molecule has 0 amide bonds. The van der Waals surface area contributed by atoms with E-state index in [9.17, 15) is 13.6 Å². The summed E-state index contributed by atoms with van der Waals surface area (Å²) in [6.07, 6.45) is 10.3. The standard InChI is InChI=1S/C24H21F2NO2/c1-2-3-4-9-23-13-24(14-23,15-23)17-5-7-18(8-6-17)29-22(28)16-10-20(25)19(12-27)21(26)11-16/h2-3,5-8,10-11H,4,9,13-15H2,1H3/b3-2+. The van der Waals surface area contributed by atoms with Crippen molar-refractivity contribution >= 4 is 5.97 Å². The molecule has 0 heterocycles. The molecule has 29 heavy (non-hydrogen) atoms. The summed E-state index contributed by atoms with van der Waals surface area (Å²) in [4.78, 5) is 12.2. The van der Waals surface area contributed by atoms with Crippen LogP contribution in [0.25, 0.3) is 0 Å². The smallest absolute Gasteiger partial charge is 0.343 e. The molecular formula is C24H21F2NO2. The van der Waals surface area contributed by atoms with Gasteiger partial charge < -0.3 is 4.74 Å². The lowest BCUT2D eigenvalue weighted by atomic mass is 9.32. The first-order chi connectivity index (χ1) is 13.9. The van der Waals surface area contributed by atoms with Gasteiger partial charge in [-0.3, -0.25) is 0 Å². The summed E-state index contributed by atoms with van der Waals surface area (Å²) in [5.74, 6) is -2.71. The van der Waals surface area contributed by atoms with Crippen molar-refractivity contribution in [2.75, 3.05) is 0 Å². The van der Waals surface area contributed by atoms with E-state index >= 15 is 0 Å². The second-order valence-electron chi connectivity index (χ2n) is 8.26. The largest absolute Gasteiger partial charge is 0.423 e. The van der Waals surface area contributed by atoms with Gasteiger partial charge in [-0.1, -0.05) is 24.3 Å². The highest BCUT2D eigenvalue weighted by atomic mass is 19.1. The number of hydrogen-bond donors (Lipinski definition) is 0. The Kier molecular flexibility index (Phi) is 4.74. The van der Waals surface area contributed by atoms with Crippen molar-refractivity contribution in [2.45, 2.75) is 44.4 Å². The molecule has 0 atom stereocenters. The summed E-state index contributed by atoms with van der Waals surface area (Å²) in [6.45, 7) is 2.05. The summed E-state index contributed by atoms with van der Waals surface area (Å²) in [6, 6.07) is 10.4. The molecule has 148 valence electrons. The van der Waals surface area contributed by atoms with Crippen LogP contribution >= 0.6 is 0 Å². The summed E-state index contributed by atoms with van der Waals surface area (Å²) < 4.78 is 32.6. The minimum Gasteiger partial charge on any atom is -0.423 e. The van der Waals surface area contributed by atoms with Crippen molar-refractivity contribution in [2.24, 2.45) is 5.41 Å². The predicted octanol–water partition coefficient (Wildman–Crippen LogP) is 5.83. The van der Waals surface area contributed by atoms with Gasteiger partial charge in [-0.05, 0) is 79.7 Å². The minimum absolute atomic E-state index is 0.262. The zero-order valence-electron chi connectivity index (χ0n) is 16.2. The lowest BCUT2D eigenvalue weighted by Gasteiger charge is -2.71. The molecule has 5 heteroatoms. The Labute approximate surface area is 168 Å². The average Bonchev–Trinajstić information content (AvgIpc) is 2.63. The van der Waals surface area contributed by atoms with E-state index in [-0.39, 0.29) is 11.0 Å². The Balaban J connectivity index is 1.39. The first-order valence-electron chi connectivity index (χ1n) is 9.73. The maximum Gasteiger partial charge on any atom is 0.343 e. The molecule has 0 N–H and O–H groups in total. The molecule has 0 radical (unpaired) electrons. The number of ether oxygens (including phenoxy) is 1. The highest BCUT2D eigenvalue weighted by molar-refractivity contribution is 5.91. The van der Waals surface area contributed by atoms with Crippen molar-refractivity contribution in [1.29, 1.82) is 5.26 Å². The molecular weight excluding hydrogens is 372 g/mol. The van der Waals surface area contributed by atoms with E-state index in [0.717, 1.165) is 18.6 Å².